The van der Waals surface area contributed by atoms with E-state index in [0.29, 0.717) is 18.6 Å². The Bertz CT molecular complexity index is 743. The predicted octanol–water partition coefficient (Wildman–Crippen LogP) is 4.58. The smallest absolute Gasteiger partial charge is 0.137 e. The molecule has 0 atom stereocenters. The molecule has 1 aliphatic rings. The van der Waals surface area contributed by atoms with Crippen molar-refractivity contribution in [1.82, 2.24) is 0 Å². The van der Waals surface area contributed by atoms with Crippen LogP contribution in [0, 0.1) is 6.92 Å². The molecule has 0 unspecified atom stereocenters. The SMILES string of the molecule is CCCC(=O)Cc1ccc(C2=Nc3ccccc3C2)cc1C. The van der Waals surface area contributed by atoms with Gasteiger partial charge in [0, 0.05) is 19.3 Å². The third kappa shape index (κ3) is 3.01. The molecule has 1 aliphatic heterocycles. The number of aliphatic imine (C=N–C) groups is 1. The summed E-state index contributed by atoms with van der Waals surface area (Å²) in [7, 11) is 0. The summed E-state index contributed by atoms with van der Waals surface area (Å²) in [5.41, 5.74) is 6.98. The second-order valence-corrected chi connectivity index (χ2v) is 5.97. The second-order valence-electron chi connectivity index (χ2n) is 5.97. The van der Waals surface area contributed by atoms with Crippen molar-refractivity contribution < 1.29 is 4.79 Å². The Kier molecular flexibility index (Phi) is 4.19. The minimum Gasteiger partial charge on any atom is -0.299 e. The van der Waals surface area contributed by atoms with E-state index in [-0.39, 0.29) is 0 Å². The largest absolute Gasteiger partial charge is 0.299 e. The van der Waals surface area contributed by atoms with Crippen LogP contribution in [0.25, 0.3) is 0 Å². The van der Waals surface area contributed by atoms with Crippen LogP contribution in [-0.4, -0.2) is 11.5 Å². The average molecular weight is 291 g/mol. The zero-order valence-electron chi connectivity index (χ0n) is 13.2. The molecule has 0 spiro atoms. The first kappa shape index (κ1) is 14.7. The molecule has 0 fully saturated rings. The minimum atomic E-state index is 0.323. The second kappa shape index (κ2) is 6.27. The van der Waals surface area contributed by atoms with Gasteiger partial charge in [0.1, 0.15) is 5.78 Å². The van der Waals surface area contributed by atoms with Crippen molar-refractivity contribution in [2.24, 2.45) is 4.99 Å². The molecule has 2 aromatic rings. The van der Waals surface area contributed by atoms with Crippen LogP contribution in [0.15, 0.2) is 47.5 Å². The number of rotatable bonds is 5. The molecule has 0 saturated heterocycles. The van der Waals surface area contributed by atoms with Crippen LogP contribution in [0.3, 0.4) is 0 Å². The Morgan fingerprint density at radius 2 is 2.00 bits per heavy atom. The summed E-state index contributed by atoms with van der Waals surface area (Å²) in [5.74, 6) is 0.323. The number of carbonyl (C=O) groups is 1. The maximum absolute atomic E-state index is 11.8. The summed E-state index contributed by atoms with van der Waals surface area (Å²) in [6.45, 7) is 4.13. The maximum atomic E-state index is 11.8. The Balaban J connectivity index is 1.80. The Morgan fingerprint density at radius 3 is 2.73 bits per heavy atom. The van der Waals surface area contributed by atoms with Gasteiger partial charge < -0.3 is 0 Å². The molecule has 0 saturated carbocycles. The van der Waals surface area contributed by atoms with E-state index in [1.54, 1.807) is 0 Å². The van der Waals surface area contributed by atoms with Gasteiger partial charge in [-0.3, -0.25) is 9.79 Å². The molecule has 2 nitrogen and oxygen atoms in total. The molecule has 1 heterocycles. The molecule has 0 bridgehead atoms. The molecule has 0 amide bonds. The quantitative estimate of drug-likeness (QED) is 0.792. The van der Waals surface area contributed by atoms with Crippen LogP contribution in [0.1, 0.15) is 42.0 Å². The number of para-hydroxylation sites is 1. The van der Waals surface area contributed by atoms with Gasteiger partial charge in [-0.25, -0.2) is 0 Å². The van der Waals surface area contributed by atoms with Crippen molar-refractivity contribution >= 4 is 17.2 Å². The third-order valence-electron chi connectivity index (χ3n) is 4.20. The van der Waals surface area contributed by atoms with E-state index in [1.165, 1.54) is 16.7 Å². The van der Waals surface area contributed by atoms with Gasteiger partial charge in [0.05, 0.1) is 11.4 Å². The minimum absolute atomic E-state index is 0.323. The lowest BCUT2D eigenvalue weighted by Gasteiger charge is -2.08. The van der Waals surface area contributed by atoms with Crippen molar-refractivity contribution in [3.05, 3.63) is 64.7 Å². The van der Waals surface area contributed by atoms with Crippen LogP contribution in [-0.2, 0) is 17.6 Å². The predicted molar refractivity (Wildman–Crippen MR) is 91.1 cm³/mol. The number of benzene rings is 2. The van der Waals surface area contributed by atoms with Gasteiger partial charge in [-0.05, 0) is 47.7 Å². The van der Waals surface area contributed by atoms with E-state index in [1.807, 2.05) is 13.0 Å². The molecule has 0 aromatic heterocycles. The topological polar surface area (TPSA) is 29.4 Å². The number of hydrogen-bond donors (Lipinski definition) is 0. The van der Waals surface area contributed by atoms with Crippen molar-refractivity contribution in [3.8, 4) is 0 Å². The first-order valence-electron chi connectivity index (χ1n) is 7.94. The first-order valence-corrected chi connectivity index (χ1v) is 7.94. The number of hydrogen-bond acceptors (Lipinski definition) is 2. The number of fused-ring (bicyclic) bond motifs is 1. The molecule has 112 valence electrons. The highest BCUT2D eigenvalue weighted by Crippen LogP contribution is 2.28. The van der Waals surface area contributed by atoms with Crippen molar-refractivity contribution in [3.63, 3.8) is 0 Å². The molecule has 22 heavy (non-hydrogen) atoms. The number of Topliss-reactive ketones (excluding diaryl/α,β-unsaturated/α-hetero) is 1. The van der Waals surface area contributed by atoms with Gasteiger partial charge in [0.25, 0.3) is 0 Å². The van der Waals surface area contributed by atoms with Gasteiger partial charge >= 0.3 is 0 Å². The van der Waals surface area contributed by atoms with Crippen molar-refractivity contribution in [2.45, 2.75) is 39.5 Å². The van der Waals surface area contributed by atoms with Crippen LogP contribution in [0.2, 0.25) is 0 Å². The summed E-state index contributed by atoms with van der Waals surface area (Å²) in [4.78, 5) is 16.6. The molecule has 0 aliphatic carbocycles. The number of carbonyl (C=O) groups excluding carboxylic acids is 1. The first-order chi connectivity index (χ1) is 10.7. The molecule has 0 radical (unpaired) electrons. The number of nitrogens with zero attached hydrogens (tertiary/aromatic N) is 1. The van der Waals surface area contributed by atoms with Crippen LogP contribution >= 0.6 is 0 Å². The van der Waals surface area contributed by atoms with E-state index in [4.69, 9.17) is 4.99 Å². The molecule has 2 aromatic carbocycles. The lowest BCUT2D eigenvalue weighted by Crippen LogP contribution is -2.06. The zero-order valence-corrected chi connectivity index (χ0v) is 13.2. The summed E-state index contributed by atoms with van der Waals surface area (Å²) in [6, 6.07) is 14.6. The Labute approximate surface area is 131 Å². The van der Waals surface area contributed by atoms with E-state index < -0.39 is 0 Å². The summed E-state index contributed by atoms with van der Waals surface area (Å²) < 4.78 is 0. The average Bonchev–Trinajstić information content (AvgIpc) is 2.93. The van der Waals surface area contributed by atoms with E-state index in [0.717, 1.165) is 29.8 Å². The van der Waals surface area contributed by atoms with Gasteiger partial charge in [-0.1, -0.05) is 37.3 Å². The van der Waals surface area contributed by atoms with E-state index in [2.05, 4.69) is 43.3 Å². The summed E-state index contributed by atoms with van der Waals surface area (Å²) in [5, 5.41) is 0. The molecule has 3 rings (SSSR count). The summed E-state index contributed by atoms with van der Waals surface area (Å²) >= 11 is 0. The van der Waals surface area contributed by atoms with E-state index >= 15 is 0 Å². The molecule has 0 N–H and O–H groups in total. The lowest BCUT2D eigenvalue weighted by atomic mass is 9.96. The third-order valence-corrected chi connectivity index (χ3v) is 4.20. The monoisotopic (exact) mass is 291 g/mol. The van der Waals surface area contributed by atoms with Gasteiger partial charge in [-0.2, -0.15) is 0 Å². The zero-order chi connectivity index (χ0) is 15.5. The fraction of sp³-hybridized carbons (Fsp3) is 0.300. The Morgan fingerprint density at radius 1 is 1.18 bits per heavy atom. The van der Waals surface area contributed by atoms with Crippen molar-refractivity contribution in [1.29, 1.82) is 0 Å². The van der Waals surface area contributed by atoms with E-state index in [9.17, 15) is 4.79 Å². The summed E-state index contributed by atoms with van der Waals surface area (Å²) in [6.07, 6.45) is 3.03. The van der Waals surface area contributed by atoms with Gasteiger partial charge in [0.2, 0.25) is 0 Å². The highest BCUT2D eigenvalue weighted by molar-refractivity contribution is 6.06. The van der Waals surface area contributed by atoms with Crippen LogP contribution in [0.5, 0.6) is 0 Å². The molecular weight excluding hydrogens is 270 g/mol. The Hall–Kier alpha value is -2.22. The highest BCUT2D eigenvalue weighted by Gasteiger charge is 2.16. The van der Waals surface area contributed by atoms with Crippen LogP contribution < -0.4 is 0 Å². The molecule has 2 heteroatoms. The maximum Gasteiger partial charge on any atom is 0.137 e. The molecular formula is C20H21NO. The number of aryl methyl sites for hydroxylation is 1. The van der Waals surface area contributed by atoms with Gasteiger partial charge in [0.15, 0.2) is 0 Å². The van der Waals surface area contributed by atoms with Crippen molar-refractivity contribution in [2.75, 3.05) is 0 Å². The fourth-order valence-corrected chi connectivity index (χ4v) is 2.95. The standard InChI is InChI=1S/C20H21NO/c1-3-6-18(22)12-15-9-10-17(11-14(15)2)20-13-16-7-4-5-8-19(16)21-20/h4-5,7-11H,3,6,12-13H2,1-2H3. The normalized spacial score (nSPS) is 12.9. The van der Waals surface area contributed by atoms with Crippen LogP contribution in [0.4, 0.5) is 5.69 Å². The fourth-order valence-electron chi connectivity index (χ4n) is 2.95. The number of ketones is 1. The van der Waals surface area contributed by atoms with Gasteiger partial charge in [-0.15, -0.1) is 0 Å². The highest BCUT2D eigenvalue weighted by atomic mass is 16.1. The lowest BCUT2D eigenvalue weighted by molar-refractivity contribution is -0.118.